The molecule has 19 heavy (non-hydrogen) atoms. The molecule has 2 aromatic rings. The Bertz CT molecular complexity index is 531. The van der Waals surface area contributed by atoms with Crippen molar-refractivity contribution in [2.24, 2.45) is 0 Å². The molecule has 1 aromatic carbocycles. The summed E-state index contributed by atoms with van der Waals surface area (Å²) in [5.74, 6) is 0. The van der Waals surface area contributed by atoms with E-state index in [1.165, 1.54) is 5.56 Å². The first-order valence-corrected chi connectivity index (χ1v) is 7.45. The van der Waals surface area contributed by atoms with Crippen LogP contribution in [0.25, 0.3) is 0 Å². The Morgan fingerprint density at radius 2 is 2.00 bits per heavy atom. The molecule has 2 rings (SSSR count). The van der Waals surface area contributed by atoms with Crippen LogP contribution in [0, 0.1) is 0 Å². The molecule has 1 aromatic heterocycles. The standard InChI is InChI=1S/C15H16BrClN2/c1-2-19-15(11-5-7-18-8-6-11)9-12-3-4-13(16)10-14(12)17/h3-8,10,15,19H,2,9H2,1H3. The smallest absolute Gasteiger partial charge is 0.0449 e. The number of pyridine rings is 1. The number of hydrogen-bond acceptors (Lipinski definition) is 2. The van der Waals surface area contributed by atoms with Gasteiger partial charge in [0.2, 0.25) is 0 Å². The van der Waals surface area contributed by atoms with Crippen molar-refractivity contribution in [1.82, 2.24) is 10.3 Å². The molecular formula is C15H16BrClN2. The Balaban J connectivity index is 2.21. The highest BCUT2D eigenvalue weighted by atomic mass is 79.9. The largest absolute Gasteiger partial charge is 0.310 e. The second-order valence-corrected chi connectivity index (χ2v) is 5.65. The Labute approximate surface area is 127 Å². The highest BCUT2D eigenvalue weighted by molar-refractivity contribution is 9.10. The summed E-state index contributed by atoms with van der Waals surface area (Å²) in [6.45, 7) is 3.03. The minimum Gasteiger partial charge on any atom is -0.310 e. The lowest BCUT2D eigenvalue weighted by Gasteiger charge is -2.19. The third-order valence-electron chi connectivity index (χ3n) is 3.00. The summed E-state index contributed by atoms with van der Waals surface area (Å²) >= 11 is 9.72. The van der Waals surface area contributed by atoms with E-state index in [9.17, 15) is 0 Å². The molecule has 0 saturated carbocycles. The molecule has 0 aliphatic heterocycles. The average molecular weight is 340 g/mol. The summed E-state index contributed by atoms with van der Waals surface area (Å²) in [5, 5.41) is 4.29. The number of halogens is 2. The van der Waals surface area contributed by atoms with Gasteiger partial charge in [-0.05, 0) is 48.4 Å². The Morgan fingerprint density at radius 1 is 1.26 bits per heavy atom. The molecule has 0 saturated heterocycles. The van der Waals surface area contributed by atoms with Crippen molar-refractivity contribution in [3.8, 4) is 0 Å². The van der Waals surface area contributed by atoms with Crippen LogP contribution in [0.3, 0.4) is 0 Å². The Morgan fingerprint density at radius 3 is 2.63 bits per heavy atom. The maximum atomic E-state index is 6.29. The number of nitrogens with zero attached hydrogens (tertiary/aromatic N) is 1. The number of nitrogens with one attached hydrogen (secondary N) is 1. The van der Waals surface area contributed by atoms with E-state index < -0.39 is 0 Å². The van der Waals surface area contributed by atoms with E-state index in [1.54, 1.807) is 0 Å². The summed E-state index contributed by atoms with van der Waals surface area (Å²) in [6.07, 6.45) is 4.51. The topological polar surface area (TPSA) is 24.9 Å². The maximum Gasteiger partial charge on any atom is 0.0449 e. The lowest BCUT2D eigenvalue weighted by Crippen LogP contribution is -2.23. The lowest BCUT2D eigenvalue weighted by molar-refractivity contribution is 0.549. The quantitative estimate of drug-likeness (QED) is 0.874. The van der Waals surface area contributed by atoms with Crippen LogP contribution >= 0.6 is 27.5 Å². The molecule has 1 unspecified atom stereocenters. The predicted molar refractivity (Wildman–Crippen MR) is 83.5 cm³/mol. The first-order chi connectivity index (χ1) is 9.20. The van der Waals surface area contributed by atoms with Gasteiger partial charge in [-0.1, -0.05) is 40.5 Å². The van der Waals surface area contributed by atoms with Crippen molar-refractivity contribution < 1.29 is 0 Å². The van der Waals surface area contributed by atoms with Gasteiger partial charge in [0.15, 0.2) is 0 Å². The van der Waals surface area contributed by atoms with Crippen molar-refractivity contribution in [2.45, 2.75) is 19.4 Å². The van der Waals surface area contributed by atoms with Gasteiger partial charge >= 0.3 is 0 Å². The molecule has 1 N–H and O–H groups in total. The predicted octanol–water partition coefficient (Wildman–Crippen LogP) is 4.39. The first-order valence-electron chi connectivity index (χ1n) is 6.28. The number of benzene rings is 1. The number of aromatic nitrogens is 1. The van der Waals surface area contributed by atoms with Gasteiger partial charge in [-0.25, -0.2) is 0 Å². The van der Waals surface area contributed by atoms with Crippen molar-refractivity contribution in [3.63, 3.8) is 0 Å². The molecule has 0 aliphatic rings. The molecule has 1 heterocycles. The molecule has 0 radical (unpaired) electrons. The third kappa shape index (κ3) is 4.03. The first kappa shape index (κ1) is 14.5. The molecule has 1 atom stereocenters. The van der Waals surface area contributed by atoms with E-state index in [4.69, 9.17) is 11.6 Å². The van der Waals surface area contributed by atoms with E-state index in [1.807, 2.05) is 36.7 Å². The molecule has 2 nitrogen and oxygen atoms in total. The zero-order chi connectivity index (χ0) is 13.7. The molecule has 0 spiro atoms. The van der Waals surface area contributed by atoms with Gasteiger partial charge in [-0.3, -0.25) is 4.98 Å². The van der Waals surface area contributed by atoms with E-state index in [-0.39, 0.29) is 6.04 Å². The minimum absolute atomic E-state index is 0.256. The van der Waals surface area contributed by atoms with Crippen LogP contribution in [0.4, 0.5) is 0 Å². The summed E-state index contributed by atoms with van der Waals surface area (Å²) in [5.41, 5.74) is 2.38. The number of hydrogen-bond donors (Lipinski definition) is 1. The van der Waals surface area contributed by atoms with E-state index in [2.05, 4.69) is 39.2 Å². The molecule has 100 valence electrons. The van der Waals surface area contributed by atoms with Crippen LogP contribution in [-0.2, 0) is 6.42 Å². The van der Waals surface area contributed by atoms with Gasteiger partial charge in [0.05, 0.1) is 0 Å². The Hall–Kier alpha value is -0.900. The molecular weight excluding hydrogens is 324 g/mol. The average Bonchev–Trinajstić information content (AvgIpc) is 2.42. The van der Waals surface area contributed by atoms with Crippen molar-refractivity contribution >= 4 is 27.5 Å². The summed E-state index contributed by atoms with van der Waals surface area (Å²) in [4.78, 5) is 4.06. The van der Waals surface area contributed by atoms with Crippen LogP contribution in [-0.4, -0.2) is 11.5 Å². The highest BCUT2D eigenvalue weighted by Gasteiger charge is 2.13. The van der Waals surface area contributed by atoms with Gasteiger partial charge in [-0.15, -0.1) is 0 Å². The normalized spacial score (nSPS) is 12.4. The number of rotatable bonds is 5. The van der Waals surface area contributed by atoms with Crippen molar-refractivity contribution in [1.29, 1.82) is 0 Å². The fourth-order valence-corrected chi connectivity index (χ4v) is 2.81. The summed E-state index contributed by atoms with van der Waals surface area (Å²) in [6, 6.07) is 10.4. The van der Waals surface area contributed by atoms with Crippen LogP contribution < -0.4 is 5.32 Å². The SMILES string of the molecule is CCNC(Cc1ccc(Br)cc1Cl)c1ccncc1. The molecule has 0 fully saturated rings. The van der Waals surface area contributed by atoms with Gasteiger partial charge in [-0.2, -0.15) is 0 Å². The van der Waals surface area contributed by atoms with Crippen LogP contribution in [0.1, 0.15) is 24.1 Å². The minimum atomic E-state index is 0.256. The zero-order valence-electron chi connectivity index (χ0n) is 10.7. The second kappa shape index (κ2) is 7.04. The fourth-order valence-electron chi connectivity index (χ4n) is 2.06. The van der Waals surface area contributed by atoms with Crippen molar-refractivity contribution in [2.75, 3.05) is 6.54 Å². The van der Waals surface area contributed by atoms with Gasteiger partial charge in [0, 0.05) is 27.9 Å². The zero-order valence-corrected chi connectivity index (χ0v) is 13.1. The highest BCUT2D eigenvalue weighted by Crippen LogP contribution is 2.26. The molecule has 0 bridgehead atoms. The Kier molecular flexibility index (Phi) is 5.37. The summed E-state index contributed by atoms with van der Waals surface area (Å²) < 4.78 is 1.00. The molecule has 0 amide bonds. The van der Waals surface area contributed by atoms with E-state index in [0.717, 1.165) is 28.0 Å². The van der Waals surface area contributed by atoms with Crippen molar-refractivity contribution in [3.05, 3.63) is 63.3 Å². The maximum absolute atomic E-state index is 6.29. The van der Waals surface area contributed by atoms with Crippen LogP contribution in [0.15, 0.2) is 47.2 Å². The van der Waals surface area contributed by atoms with Gasteiger partial charge in [0.25, 0.3) is 0 Å². The van der Waals surface area contributed by atoms with E-state index >= 15 is 0 Å². The molecule has 0 aliphatic carbocycles. The van der Waals surface area contributed by atoms with E-state index in [0.29, 0.717) is 0 Å². The van der Waals surface area contributed by atoms with Gasteiger partial charge < -0.3 is 5.32 Å². The summed E-state index contributed by atoms with van der Waals surface area (Å²) in [7, 11) is 0. The van der Waals surface area contributed by atoms with Crippen LogP contribution in [0.2, 0.25) is 5.02 Å². The monoisotopic (exact) mass is 338 g/mol. The molecule has 4 heteroatoms. The van der Waals surface area contributed by atoms with Gasteiger partial charge in [0.1, 0.15) is 0 Å². The number of likely N-dealkylation sites (N-methyl/N-ethyl adjacent to an activating group) is 1. The second-order valence-electron chi connectivity index (χ2n) is 4.33. The fraction of sp³-hybridized carbons (Fsp3) is 0.267. The third-order valence-corrected chi connectivity index (χ3v) is 3.84. The lowest BCUT2D eigenvalue weighted by atomic mass is 9.99. The van der Waals surface area contributed by atoms with Crippen LogP contribution in [0.5, 0.6) is 0 Å².